The molecule has 0 aliphatic heterocycles. The minimum absolute atomic E-state index is 0.430. The van der Waals surface area contributed by atoms with Gasteiger partial charge >= 0.3 is 0 Å². The molecule has 0 atom stereocenters. The van der Waals surface area contributed by atoms with Gasteiger partial charge in [-0.3, -0.25) is 0 Å². The van der Waals surface area contributed by atoms with Crippen molar-refractivity contribution in [2.24, 2.45) is 0 Å². The highest BCUT2D eigenvalue weighted by Gasteiger charge is 1.98. The number of pyridine rings is 1. The molecule has 4 nitrogen and oxygen atoms in total. The van der Waals surface area contributed by atoms with Gasteiger partial charge in [-0.2, -0.15) is 0 Å². The van der Waals surface area contributed by atoms with Gasteiger partial charge in [0.1, 0.15) is 22.7 Å². The zero-order valence-corrected chi connectivity index (χ0v) is 9.46. The van der Waals surface area contributed by atoms with Crippen LogP contribution >= 0.6 is 27.5 Å². The van der Waals surface area contributed by atoms with Crippen molar-refractivity contribution in [2.45, 2.75) is 6.61 Å². The fourth-order valence-corrected chi connectivity index (χ4v) is 1.52. The Morgan fingerprint density at radius 1 is 1.43 bits per heavy atom. The average molecular weight is 272 g/mol. The number of ether oxygens (including phenoxy) is 1. The standard InChI is InChI=1S/C8H6BrN3OS/c9-8-2-1-7(3-10-8)13-4-6-5-14-12-11-6/h1-3,5H,4H2. The molecule has 0 unspecified atom stereocenters. The number of hydrogen-bond donors (Lipinski definition) is 0. The molecule has 0 spiro atoms. The van der Waals surface area contributed by atoms with Crippen molar-refractivity contribution >= 4 is 27.5 Å². The highest BCUT2D eigenvalue weighted by atomic mass is 79.9. The van der Waals surface area contributed by atoms with Crippen molar-refractivity contribution in [3.05, 3.63) is 34.0 Å². The van der Waals surface area contributed by atoms with E-state index in [9.17, 15) is 0 Å². The molecule has 0 amide bonds. The molecule has 2 aromatic rings. The van der Waals surface area contributed by atoms with Gasteiger partial charge in [-0.1, -0.05) is 4.49 Å². The monoisotopic (exact) mass is 271 g/mol. The van der Waals surface area contributed by atoms with Gasteiger partial charge in [-0.05, 0) is 39.6 Å². The summed E-state index contributed by atoms with van der Waals surface area (Å²) in [7, 11) is 0. The smallest absolute Gasteiger partial charge is 0.138 e. The number of hydrogen-bond acceptors (Lipinski definition) is 5. The largest absolute Gasteiger partial charge is 0.486 e. The van der Waals surface area contributed by atoms with Crippen LogP contribution in [0.4, 0.5) is 0 Å². The molecule has 2 rings (SSSR count). The molecule has 2 heterocycles. The van der Waals surface area contributed by atoms with Crippen molar-refractivity contribution in [1.82, 2.24) is 14.6 Å². The predicted molar refractivity (Wildman–Crippen MR) is 56.2 cm³/mol. The summed E-state index contributed by atoms with van der Waals surface area (Å²) in [5, 5.41) is 5.72. The molecule has 0 aromatic carbocycles. The summed E-state index contributed by atoms with van der Waals surface area (Å²) >= 11 is 4.56. The number of halogens is 1. The minimum atomic E-state index is 0.430. The first-order valence-corrected chi connectivity index (χ1v) is 5.48. The van der Waals surface area contributed by atoms with Gasteiger partial charge < -0.3 is 4.74 Å². The lowest BCUT2D eigenvalue weighted by molar-refractivity contribution is 0.300. The third kappa shape index (κ3) is 2.49. The normalized spacial score (nSPS) is 10.1. The fraction of sp³-hybridized carbons (Fsp3) is 0.125. The molecule has 6 heteroatoms. The highest BCUT2D eigenvalue weighted by molar-refractivity contribution is 9.10. The molecule has 0 aliphatic rings. The van der Waals surface area contributed by atoms with Gasteiger partial charge in [-0.15, -0.1) is 5.10 Å². The van der Waals surface area contributed by atoms with Gasteiger partial charge in [0.2, 0.25) is 0 Å². The Bertz CT molecular complexity index is 389. The zero-order chi connectivity index (χ0) is 9.80. The average Bonchev–Trinajstić information content (AvgIpc) is 2.70. The lowest BCUT2D eigenvalue weighted by Gasteiger charge is -2.02. The van der Waals surface area contributed by atoms with Crippen LogP contribution < -0.4 is 4.74 Å². The van der Waals surface area contributed by atoms with Gasteiger partial charge in [0.25, 0.3) is 0 Å². The van der Waals surface area contributed by atoms with E-state index < -0.39 is 0 Å². The maximum atomic E-state index is 5.43. The Labute approximate surface area is 93.2 Å². The molecule has 0 saturated carbocycles. The Morgan fingerprint density at radius 2 is 2.36 bits per heavy atom. The molecule has 14 heavy (non-hydrogen) atoms. The van der Waals surface area contributed by atoms with Crippen LogP contribution in [-0.4, -0.2) is 14.6 Å². The van der Waals surface area contributed by atoms with Gasteiger partial charge in [-0.25, -0.2) is 4.98 Å². The first kappa shape index (κ1) is 9.54. The number of aromatic nitrogens is 3. The van der Waals surface area contributed by atoms with E-state index >= 15 is 0 Å². The molecule has 72 valence electrons. The second-order valence-corrected chi connectivity index (χ2v) is 3.92. The molecular weight excluding hydrogens is 266 g/mol. The van der Waals surface area contributed by atoms with Crippen LogP contribution in [0.1, 0.15) is 5.69 Å². The molecule has 0 bridgehead atoms. The Balaban J connectivity index is 1.95. The van der Waals surface area contributed by atoms with Crippen LogP contribution in [0.25, 0.3) is 0 Å². The van der Waals surface area contributed by atoms with E-state index in [0.717, 1.165) is 16.0 Å². The van der Waals surface area contributed by atoms with Crippen LogP contribution in [0.5, 0.6) is 5.75 Å². The van der Waals surface area contributed by atoms with E-state index in [-0.39, 0.29) is 0 Å². The van der Waals surface area contributed by atoms with Crippen LogP contribution in [0, 0.1) is 0 Å². The van der Waals surface area contributed by atoms with Crippen LogP contribution in [-0.2, 0) is 6.61 Å². The van der Waals surface area contributed by atoms with Crippen LogP contribution in [0.3, 0.4) is 0 Å². The van der Waals surface area contributed by atoms with Gasteiger partial charge in [0.15, 0.2) is 0 Å². The van der Waals surface area contributed by atoms with E-state index in [2.05, 4.69) is 30.5 Å². The molecule has 0 fully saturated rings. The van der Waals surface area contributed by atoms with Crippen molar-refractivity contribution < 1.29 is 4.74 Å². The molecule has 0 saturated heterocycles. The summed E-state index contributed by atoms with van der Waals surface area (Å²) in [4.78, 5) is 4.04. The van der Waals surface area contributed by atoms with E-state index in [1.807, 2.05) is 17.5 Å². The van der Waals surface area contributed by atoms with E-state index in [0.29, 0.717) is 6.61 Å². The highest BCUT2D eigenvalue weighted by Crippen LogP contribution is 2.13. The molecule has 0 aliphatic carbocycles. The number of rotatable bonds is 3. The van der Waals surface area contributed by atoms with Crippen molar-refractivity contribution in [2.75, 3.05) is 0 Å². The maximum absolute atomic E-state index is 5.43. The number of nitrogens with zero attached hydrogens (tertiary/aromatic N) is 3. The molecule has 0 radical (unpaired) electrons. The summed E-state index contributed by atoms with van der Waals surface area (Å²) < 4.78 is 9.96. The van der Waals surface area contributed by atoms with Crippen LogP contribution in [0.2, 0.25) is 0 Å². The Kier molecular flexibility index (Phi) is 3.05. The zero-order valence-electron chi connectivity index (χ0n) is 7.05. The van der Waals surface area contributed by atoms with E-state index in [1.54, 1.807) is 6.20 Å². The van der Waals surface area contributed by atoms with Crippen molar-refractivity contribution in [3.63, 3.8) is 0 Å². The Morgan fingerprint density at radius 3 is 3.00 bits per heavy atom. The Hall–Kier alpha value is -1.01. The summed E-state index contributed by atoms with van der Waals surface area (Å²) in [5.74, 6) is 0.723. The molecule has 2 aromatic heterocycles. The maximum Gasteiger partial charge on any atom is 0.138 e. The van der Waals surface area contributed by atoms with E-state index in [4.69, 9.17) is 4.74 Å². The lowest BCUT2D eigenvalue weighted by atomic mass is 10.4. The molecular formula is C8H6BrN3OS. The fourth-order valence-electron chi connectivity index (χ4n) is 0.852. The summed E-state index contributed by atoms with van der Waals surface area (Å²) in [6, 6.07) is 3.67. The predicted octanol–water partition coefficient (Wildman–Crippen LogP) is 2.27. The van der Waals surface area contributed by atoms with Gasteiger partial charge in [0.05, 0.1) is 6.20 Å². The van der Waals surface area contributed by atoms with Gasteiger partial charge in [0, 0.05) is 5.38 Å². The first-order valence-electron chi connectivity index (χ1n) is 3.85. The molecule has 0 N–H and O–H groups in total. The summed E-state index contributed by atoms with van der Waals surface area (Å²) in [6.45, 7) is 0.430. The third-order valence-electron chi connectivity index (χ3n) is 1.49. The quantitative estimate of drug-likeness (QED) is 0.804. The van der Waals surface area contributed by atoms with Crippen LogP contribution in [0.15, 0.2) is 28.3 Å². The minimum Gasteiger partial charge on any atom is -0.486 e. The summed E-state index contributed by atoms with van der Waals surface area (Å²) in [5.41, 5.74) is 0.831. The second kappa shape index (κ2) is 4.47. The first-order chi connectivity index (χ1) is 6.84. The SMILES string of the molecule is Brc1ccc(OCc2csnn2)cn1. The summed E-state index contributed by atoms with van der Waals surface area (Å²) in [6.07, 6.45) is 1.66. The third-order valence-corrected chi connectivity index (χ3v) is 2.51. The van der Waals surface area contributed by atoms with Crippen molar-refractivity contribution in [3.8, 4) is 5.75 Å². The van der Waals surface area contributed by atoms with Crippen molar-refractivity contribution in [1.29, 1.82) is 0 Å². The second-order valence-electron chi connectivity index (χ2n) is 2.50. The lowest BCUT2D eigenvalue weighted by Crippen LogP contribution is -1.95. The topological polar surface area (TPSA) is 47.9 Å². The van der Waals surface area contributed by atoms with E-state index in [1.165, 1.54) is 11.5 Å².